The van der Waals surface area contributed by atoms with E-state index in [4.69, 9.17) is 9.26 Å². The highest BCUT2D eigenvalue weighted by Crippen LogP contribution is 2.47. The second kappa shape index (κ2) is 14.0. The van der Waals surface area contributed by atoms with E-state index in [-0.39, 0.29) is 5.66 Å². The molecular formula is C18H37O5P. The zero-order valence-corrected chi connectivity index (χ0v) is 16.9. The number of ketones is 1. The lowest BCUT2D eigenvalue weighted by Gasteiger charge is -2.14. The van der Waals surface area contributed by atoms with Gasteiger partial charge in [-0.3, -0.25) is 9.36 Å². The van der Waals surface area contributed by atoms with Crippen molar-refractivity contribution in [1.29, 1.82) is 0 Å². The summed E-state index contributed by atoms with van der Waals surface area (Å²) in [5.41, 5.74) is -0.365. The van der Waals surface area contributed by atoms with E-state index in [0.717, 1.165) is 51.6 Å². The Morgan fingerprint density at radius 1 is 0.875 bits per heavy atom. The molecule has 1 unspecified atom stereocenters. The molecule has 0 rings (SSSR count). The third-order valence-electron chi connectivity index (χ3n) is 3.83. The van der Waals surface area contributed by atoms with Crippen molar-refractivity contribution in [3.63, 3.8) is 0 Å². The molecule has 0 aromatic rings. The highest BCUT2D eigenvalue weighted by Gasteiger charge is 2.23. The smallest absolute Gasteiger partial charge is 0.330 e. The van der Waals surface area contributed by atoms with Crippen LogP contribution in [-0.4, -0.2) is 35.7 Å². The van der Waals surface area contributed by atoms with Crippen LogP contribution in [0.1, 0.15) is 85.5 Å². The van der Waals surface area contributed by atoms with Crippen LogP contribution in [-0.2, 0) is 18.6 Å². The van der Waals surface area contributed by atoms with E-state index in [9.17, 15) is 14.3 Å². The van der Waals surface area contributed by atoms with Crippen molar-refractivity contribution < 1.29 is 23.5 Å². The van der Waals surface area contributed by atoms with Gasteiger partial charge in [-0.05, 0) is 39.5 Å². The normalized spacial score (nSPS) is 14.3. The van der Waals surface area contributed by atoms with Gasteiger partial charge in [-0.15, -0.1) is 0 Å². The molecular weight excluding hydrogens is 327 g/mol. The van der Waals surface area contributed by atoms with Crippen LogP contribution in [0.15, 0.2) is 0 Å². The minimum atomic E-state index is -3.44. The Bertz CT molecular complexity index is 368. The van der Waals surface area contributed by atoms with Gasteiger partial charge in [0, 0.05) is 19.4 Å². The van der Waals surface area contributed by atoms with Crippen LogP contribution in [0.4, 0.5) is 0 Å². The fraction of sp³-hybridized carbons (Fsp3) is 0.944. The molecule has 144 valence electrons. The van der Waals surface area contributed by atoms with Gasteiger partial charge in [0.15, 0.2) is 0 Å². The Morgan fingerprint density at radius 2 is 1.38 bits per heavy atom. The van der Waals surface area contributed by atoms with E-state index in [2.05, 4.69) is 0 Å². The number of hydrogen-bond acceptors (Lipinski definition) is 4. The number of hydrogen-bond donors (Lipinski definition) is 1. The molecule has 0 aliphatic carbocycles. The summed E-state index contributed by atoms with van der Waals surface area (Å²) in [4.78, 5) is 21.3. The average molecular weight is 364 g/mol. The maximum atomic E-state index is 11.8. The van der Waals surface area contributed by atoms with E-state index < -0.39 is 7.60 Å². The van der Waals surface area contributed by atoms with Gasteiger partial charge in [0.05, 0.1) is 18.4 Å². The number of ether oxygens (including phenoxy) is 1. The molecule has 0 heterocycles. The lowest BCUT2D eigenvalue weighted by molar-refractivity contribution is -0.119. The third kappa shape index (κ3) is 14.2. The molecule has 0 aromatic carbocycles. The lowest BCUT2D eigenvalue weighted by atomic mass is 10.1. The van der Waals surface area contributed by atoms with Gasteiger partial charge in [0.1, 0.15) is 5.78 Å². The first-order valence-corrected chi connectivity index (χ1v) is 11.0. The van der Waals surface area contributed by atoms with Crippen molar-refractivity contribution in [2.24, 2.45) is 0 Å². The van der Waals surface area contributed by atoms with E-state index in [0.29, 0.717) is 31.3 Å². The molecule has 0 aliphatic heterocycles. The molecule has 1 N–H and O–H groups in total. The van der Waals surface area contributed by atoms with E-state index in [1.165, 1.54) is 0 Å². The Morgan fingerprint density at radius 3 is 1.92 bits per heavy atom. The predicted octanol–water partition coefficient (Wildman–Crippen LogP) is 5.10. The average Bonchev–Trinajstić information content (AvgIpc) is 2.49. The van der Waals surface area contributed by atoms with Crippen molar-refractivity contribution in [2.75, 3.05) is 13.2 Å². The first-order chi connectivity index (χ1) is 11.3. The Hall–Kier alpha value is -0.220. The fourth-order valence-corrected chi connectivity index (χ4v) is 2.86. The SMILES string of the molecule is CC(C)OCCCCCCC(=O)CCCCCOP(=O)(O)C(C)C. The van der Waals surface area contributed by atoms with Gasteiger partial charge in [0.2, 0.25) is 0 Å². The number of carbonyl (C=O) groups excluding carboxylic acids is 1. The molecule has 6 heteroatoms. The van der Waals surface area contributed by atoms with Gasteiger partial charge < -0.3 is 14.2 Å². The summed E-state index contributed by atoms with van der Waals surface area (Å²) in [6.07, 6.45) is 8.22. The molecule has 0 bridgehead atoms. The van der Waals surface area contributed by atoms with Crippen molar-refractivity contribution in [2.45, 2.75) is 97.2 Å². The summed E-state index contributed by atoms with van der Waals surface area (Å²) in [5, 5.41) is 0. The van der Waals surface area contributed by atoms with Crippen molar-refractivity contribution >= 4 is 13.4 Å². The first-order valence-electron chi connectivity index (χ1n) is 9.36. The van der Waals surface area contributed by atoms with E-state index in [1.54, 1.807) is 13.8 Å². The van der Waals surface area contributed by atoms with Crippen LogP contribution in [0.5, 0.6) is 0 Å². The van der Waals surface area contributed by atoms with Crippen LogP contribution < -0.4 is 0 Å². The molecule has 0 aromatic heterocycles. The van der Waals surface area contributed by atoms with Crippen LogP contribution in [0.3, 0.4) is 0 Å². The summed E-state index contributed by atoms with van der Waals surface area (Å²) < 4.78 is 22.1. The van der Waals surface area contributed by atoms with Crippen LogP contribution in [0.25, 0.3) is 0 Å². The molecule has 0 amide bonds. The zero-order chi connectivity index (χ0) is 18.4. The van der Waals surface area contributed by atoms with Crippen LogP contribution in [0.2, 0.25) is 0 Å². The largest absolute Gasteiger partial charge is 0.379 e. The molecule has 0 aliphatic rings. The minimum absolute atomic E-state index is 0.290. The van der Waals surface area contributed by atoms with Gasteiger partial charge in [0.25, 0.3) is 0 Å². The summed E-state index contributed by atoms with van der Waals surface area (Å²) in [7, 11) is -3.44. The minimum Gasteiger partial charge on any atom is -0.379 e. The summed E-state index contributed by atoms with van der Waals surface area (Å²) >= 11 is 0. The zero-order valence-electron chi connectivity index (χ0n) is 16.0. The lowest BCUT2D eigenvalue weighted by Crippen LogP contribution is -2.04. The topological polar surface area (TPSA) is 72.8 Å². The van der Waals surface area contributed by atoms with Gasteiger partial charge >= 0.3 is 7.60 Å². The first kappa shape index (κ1) is 23.8. The van der Waals surface area contributed by atoms with Crippen molar-refractivity contribution in [3.8, 4) is 0 Å². The number of Topliss-reactive ketones (excluding diaryl/α,β-unsaturated/α-hetero) is 1. The summed E-state index contributed by atoms with van der Waals surface area (Å²) in [6, 6.07) is 0. The monoisotopic (exact) mass is 364 g/mol. The van der Waals surface area contributed by atoms with Crippen LogP contribution >= 0.6 is 7.60 Å². The van der Waals surface area contributed by atoms with Gasteiger partial charge in [-0.1, -0.05) is 33.1 Å². The second-order valence-corrected chi connectivity index (χ2v) is 9.34. The Balaban J connectivity index is 3.40. The number of rotatable bonds is 16. The van der Waals surface area contributed by atoms with Crippen molar-refractivity contribution in [3.05, 3.63) is 0 Å². The Kier molecular flexibility index (Phi) is 13.9. The number of unbranched alkanes of at least 4 members (excludes halogenated alkanes) is 5. The second-order valence-electron chi connectivity index (χ2n) is 6.92. The van der Waals surface area contributed by atoms with E-state index >= 15 is 0 Å². The molecule has 1 atom stereocenters. The molecule has 5 nitrogen and oxygen atoms in total. The Labute approximate surface area is 148 Å². The molecule has 0 saturated carbocycles. The summed E-state index contributed by atoms with van der Waals surface area (Å²) in [6.45, 7) is 8.53. The molecule has 0 saturated heterocycles. The third-order valence-corrected chi connectivity index (χ3v) is 5.69. The highest BCUT2D eigenvalue weighted by molar-refractivity contribution is 7.53. The predicted molar refractivity (Wildman–Crippen MR) is 98.6 cm³/mol. The molecule has 0 fully saturated rings. The van der Waals surface area contributed by atoms with E-state index in [1.807, 2.05) is 13.8 Å². The van der Waals surface area contributed by atoms with Crippen LogP contribution in [0, 0.1) is 0 Å². The number of carbonyl (C=O) groups is 1. The fourth-order valence-electron chi connectivity index (χ4n) is 2.17. The standard InChI is InChI=1S/C18H37O5P/c1-16(2)22-14-10-6-5-8-12-18(19)13-9-7-11-15-23-24(20,21)17(3)4/h16-17H,5-15H2,1-4H3,(H,20,21). The highest BCUT2D eigenvalue weighted by atomic mass is 31.2. The maximum absolute atomic E-state index is 11.8. The quantitative estimate of drug-likeness (QED) is 0.305. The molecule has 0 radical (unpaired) electrons. The molecule has 0 spiro atoms. The van der Waals surface area contributed by atoms with Crippen molar-refractivity contribution in [1.82, 2.24) is 0 Å². The summed E-state index contributed by atoms with van der Waals surface area (Å²) in [5.74, 6) is 0.323. The molecule has 24 heavy (non-hydrogen) atoms. The van der Waals surface area contributed by atoms with Gasteiger partial charge in [-0.2, -0.15) is 0 Å². The van der Waals surface area contributed by atoms with Gasteiger partial charge in [-0.25, -0.2) is 0 Å². The maximum Gasteiger partial charge on any atom is 0.330 e.